The molecule has 1 aromatic rings. The van der Waals surface area contributed by atoms with Gasteiger partial charge in [0.25, 0.3) is 0 Å². The number of likely N-dealkylation sites (tertiary alicyclic amines) is 1. The zero-order chi connectivity index (χ0) is 13.7. The Morgan fingerprint density at radius 1 is 1.16 bits per heavy atom. The summed E-state index contributed by atoms with van der Waals surface area (Å²) in [7, 11) is 0. The summed E-state index contributed by atoms with van der Waals surface area (Å²) >= 11 is 0. The van der Waals surface area contributed by atoms with Crippen LogP contribution in [0.5, 0.6) is 5.75 Å². The molecule has 106 valence electrons. The molecule has 2 rings (SSSR count). The molecule has 0 aliphatic carbocycles. The summed E-state index contributed by atoms with van der Waals surface area (Å²) < 4.78 is 18.3. The first-order valence-corrected chi connectivity index (χ1v) is 7.24. The Balaban J connectivity index is 1.65. The van der Waals surface area contributed by atoms with Crippen LogP contribution in [0.15, 0.2) is 24.3 Å². The number of hydrogen-bond donors (Lipinski definition) is 0. The quantitative estimate of drug-likeness (QED) is 0.755. The fraction of sp³-hybridized carbons (Fsp3) is 0.625. The van der Waals surface area contributed by atoms with Gasteiger partial charge in [-0.2, -0.15) is 0 Å². The zero-order valence-corrected chi connectivity index (χ0v) is 11.9. The minimum atomic E-state index is -0.219. The van der Waals surface area contributed by atoms with Gasteiger partial charge in [-0.15, -0.1) is 0 Å². The highest BCUT2D eigenvalue weighted by molar-refractivity contribution is 5.21. The van der Waals surface area contributed by atoms with E-state index in [1.807, 2.05) is 0 Å². The maximum absolute atomic E-state index is 12.7. The Kier molecular flexibility index (Phi) is 5.20. The first-order chi connectivity index (χ1) is 9.13. The first kappa shape index (κ1) is 14.3. The number of benzene rings is 1. The average molecular weight is 265 g/mol. The molecule has 1 saturated heterocycles. The fourth-order valence-corrected chi connectivity index (χ4v) is 2.98. The minimum absolute atomic E-state index is 0.219. The number of piperidine rings is 1. The van der Waals surface area contributed by atoms with E-state index in [1.54, 1.807) is 12.1 Å². The number of ether oxygens (including phenoxy) is 1. The predicted molar refractivity (Wildman–Crippen MR) is 75.9 cm³/mol. The minimum Gasteiger partial charge on any atom is -0.494 e. The third-order valence-electron chi connectivity index (χ3n) is 3.65. The van der Waals surface area contributed by atoms with Crippen LogP contribution in [0.1, 0.15) is 26.7 Å². The van der Waals surface area contributed by atoms with Gasteiger partial charge in [0.05, 0.1) is 6.61 Å². The summed E-state index contributed by atoms with van der Waals surface area (Å²) in [5.74, 6) is 2.15. The second-order valence-corrected chi connectivity index (χ2v) is 5.86. The monoisotopic (exact) mass is 265 g/mol. The van der Waals surface area contributed by atoms with Crippen LogP contribution < -0.4 is 4.74 Å². The molecular weight excluding hydrogens is 241 g/mol. The van der Waals surface area contributed by atoms with E-state index < -0.39 is 0 Å². The lowest BCUT2D eigenvalue weighted by Gasteiger charge is -2.34. The van der Waals surface area contributed by atoms with Crippen LogP contribution in [-0.4, -0.2) is 31.1 Å². The van der Waals surface area contributed by atoms with Gasteiger partial charge in [0, 0.05) is 19.6 Å². The highest BCUT2D eigenvalue weighted by Crippen LogP contribution is 2.20. The van der Waals surface area contributed by atoms with Crippen molar-refractivity contribution >= 4 is 0 Å². The lowest BCUT2D eigenvalue weighted by Crippen LogP contribution is -2.39. The molecule has 2 atom stereocenters. The zero-order valence-electron chi connectivity index (χ0n) is 11.9. The molecular formula is C16H24FNO. The molecule has 3 heteroatoms. The number of hydrogen-bond acceptors (Lipinski definition) is 2. The first-order valence-electron chi connectivity index (χ1n) is 7.24. The van der Waals surface area contributed by atoms with E-state index in [9.17, 15) is 4.39 Å². The van der Waals surface area contributed by atoms with Crippen molar-refractivity contribution in [3.63, 3.8) is 0 Å². The van der Waals surface area contributed by atoms with Crippen LogP contribution in [0.3, 0.4) is 0 Å². The molecule has 2 nitrogen and oxygen atoms in total. The van der Waals surface area contributed by atoms with Gasteiger partial charge in [0.15, 0.2) is 0 Å². The Morgan fingerprint density at radius 2 is 1.79 bits per heavy atom. The van der Waals surface area contributed by atoms with E-state index in [0.29, 0.717) is 6.61 Å². The van der Waals surface area contributed by atoms with Crippen molar-refractivity contribution in [1.29, 1.82) is 0 Å². The van der Waals surface area contributed by atoms with Crippen molar-refractivity contribution < 1.29 is 9.13 Å². The molecule has 2 unspecified atom stereocenters. The Morgan fingerprint density at radius 3 is 2.42 bits per heavy atom. The Labute approximate surface area is 115 Å². The van der Waals surface area contributed by atoms with Gasteiger partial charge in [0.1, 0.15) is 11.6 Å². The summed E-state index contributed by atoms with van der Waals surface area (Å²) in [5, 5.41) is 0. The van der Waals surface area contributed by atoms with Crippen molar-refractivity contribution in [2.24, 2.45) is 11.8 Å². The average Bonchev–Trinajstić information content (AvgIpc) is 2.36. The largest absolute Gasteiger partial charge is 0.494 e. The normalized spacial score (nSPS) is 24.4. The van der Waals surface area contributed by atoms with Crippen LogP contribution >= 0.6 is 0 Å². The SMILES string of the molecule is CC1CC(C)CN(CCCOc2ccc(F)cc2)C1. The van der Waals surface area contributed by atoms with Crippen molar-refractivity contribution in [1.82, 2.24) is 4.90 Å². The van der Waals surface area contributed by atoms with Crippen molar-refractivity contribution in [3.05, 3.63) is 30.1 Å². The molecule has 0 aromatic heterocycles. The molecule has 0 saturated carbocycles. The van der Waals surface area contributed by atoms with E-state index in [2.05, 4.69) is 18.7 Å². The highest BCUT2D eigenvalue weighted by Gasteiger charge is 2.20. The molecule has 0 bridgehead atoms. The smallest absolute Gasteiger partial charge is 0.123 e. The molecule has 0 spiro atoms. The molecule has 19 heavy (non-hydrogen) atoms. The second kappa shape index (κ2) is 6.90. The molecule has 1 heterocycles. The van der Waals surface area contributed by atoms with Gasteiger partial charge in [-0.25, -0.2) is 4.39 Å². The number of nitrogens with zero attached hydrogens (tertiary/aromatic N) is 1. The van der Waals surface area contributed by atoms with E-state index in [1.165, 1.54) is 31.6 Å². The van der Waals surface area contributed by atoms with Gasteiger partial charge >= 0.3 is 0 Å². The van der Waals surface area contributed by atoms with Crippen LogP contribution in [-0.2, 0) is 0 Å². The molecule has 1 fully saturated rings. The topological polar surface area (TPSA) is 12.5 Å². The van der Waals surface area contributed by atoms with E-state index >= 15 is 0 Å². The van der Waals surface area contributed by atoms with Gasteiger partial charge in [-0.3, -0.25) is 0 Å². The van der Waals surface area contributed by atoms with Crippen LogP contribution in [0.2, 0.25) is 0 Å². The molecule has 1 aliphatic heterocycles. The third-order valence-corrected chi connectivity index (χ3v) is 3.65. The Hall–Kier alpha value is -1.09. The van der Waals surface area contributed by atoms with Crippen molar-refractivity contribution in [2.45, 2.75) is 26.7 Å². The van der Waals surface area contributed by atoms with E-state index in [4.69, 9.17) is 4.74 Å². The molecule has 0 N–H and O–H groups in total. The highest BCUT2D eigenvalue weighted by atomic mass is 19.1. The van der Waals surface area contributed by atoms with Gasteiger partial charge < -0.3 is 9.64 Å². The second-order valence-electron chi connectivity index (χ2n) is 5.86. The third kappa shape index (κ3) is 4.83. The fourth-order valence-electron chi connectivity index (χ4n) is 2.98. The summed E-state index contributed by atoms with van der Waals surface area (Å²) in [6.07, 6.45) is 2.37. The molecule has 0 amide bonds. The maximum Gasteiger partial charge on any atom is 0.123 e. The van der Waals surface area contributed by atoms with E-state index in [0.717, 1.165) is 30.6 Å². The summed E-state index contributed by atoms with van der Waals surface area (Å²) in [6.45, 7) is 8.87. The van der Waals surface area contributed by atoms with Gasteiger partial charge in [0.2, 0.25) is 0 Å². The molecule has 1 aromatic carbocycles. The standard InChI is InChI=1S/C16H24FNO/c1-13-10-14(2)12-18(11-13)8-3-9-19-16-6-4-15(17)5-7-16/h4-7,13-14H,3,8-12H2,1-2H3. The van der Waals surface area contributed by atoms with E-state index in [-0.39, 0.29) is 5.82 Å². The maximum atomic E-state index is 12.7. The number of rotatable bonds is 5. The van der Waals surface area contributed by atoms with Crippen LogP contribution in [0.25, 0.3) is 0 Å². The summed E-state index contributed by atoms with van der Waals surface area (Å²) in [6, 6.07) is 6.23. The van der Waals surface area contributed by atoms with Crippen molar-refractivity contribution in [2.75, 3.05) is 26.2 Å². The van der Waals surface area contributed by atoms with Crippen molar-refractivity contribution in [3.8, 4) is 5.75 Å². The number of halogens is 1. The Bertz CT molecular complexity index is 369. The predicted octanol–water partition coefficient (Wildman–Crippen LogP) is 3.57. The molecule has 0 radical (unpaired) electrons. The summed E-state index contributed by atoms with van der Waals surface area (Å²) in [4.78, 5) is 2.53. The van der Waals surface area contributed by atoms with Gasteiger partial charge in [-0.1, -0.05) is 13.8 Å². The van der Waals surface area contributed by atoms with Crippen LogP contribution in [0.4, 0.5) is 4.39 Å². The molecule has 1 aliphatic rings. The van der Waals surface area contributed by atoms with Crippen LogP contribution in [0, 0.1) is 17.7 Å². The summed E-state index contributed by atoms with van der Waals surface area (Å²) in [5.41, 5.74) is 0. The lowest BCUT2D eigenvalue weighted by atomic mass is 9.92. The van der Waals surface area contributed by atoms with Gasteiger partial charge in [-0.05, 0) is 48.9 Å². The lowest BCUT2D eigenvalue weighted by molar-refractivity contribution is 0.132.